The molecule has 0 radical (unpaired) electrons. The van der Waals surface area contributed by atoms with Gasteiger partial charge in [0.05, 0.1) is 0 Å². The molecule has 0 atom stereocenters. The Kier molecular flexibility index (Phi) is 2.42. The van der Waals surface area contributed by atoms with Crippen LogP contribution < -0.4 is 5.11 Å². The summed E-state index contributed by atoms with van der Waals surface area (Å²) in [6, 6.07) is 7.81. The fraction of sp³-hybridized carbons (Fsp3) is 0. The summed E-state index contributed by atoms with van der Waals surface area (Å²) in [5.74, 6) is -0.921. The zero-order valence-corrected chi connectivity index (χ0v) is 6.02. The molecule has 0 amide bonds. The Balaban J connectivity index is 2.73. The molecule has 4 nitrogen and oxygen atoms in total. The molecule has 1 rings (SSSR count). The number of carboxylic acid groups (broad SMARTS) is 1. The SMILES string of the molecule is O=C([O-])OC(=O)c1ccccc1. The van der Waals surface area contributed by atoms with Gasteiger partial charge in [-0.25, -0.2) is 0 Å². The second kappa shape index (κ2) is 3.52. The first-order valence-electron chi connectivity index (χ1n) is 3.18. The number of ether oxygens (including phenoxy) is 1. The normalized spacial score (nSPS) is 9.00. The van der Waals surface area contributed by atoms with E-state index in [0.717, 1.165) is 0 Å². The van der Waals surface area contributed by atoms with E-state index >= 15 is 0 Å². The van der Waals surface area contributed by atoms with Crippen LogP contribution in [-0.2, 0) is 4.74 Å². The highest BCUT2D eigenvalue weighted by Crippen LogP contribution is 1.99. The standard InChI is InChI=1S/C8H6O4/c9-7(12-8(10)11)6-4-2-1-3-5-6/h1-5H,(H,10,11)/p-1. The van der Waals surface area contributed by atoms with Gasteiger partial charge in [-0.15, -0.1) is 0 Å². The topological polar surface area (TPSA) is 66.4 Å². The lowest BCUT2D eigenvalue weighted by molar-refractivity contribution is -0.274. The number of rotatable bonds is 1. The maximum Gasteiger partial charge on any atom is 0.272 e. The molecule has 1 aromatic rings. The summed E-state index contributed by atoms with van der Waals surface area (Å²) >= 11 is 0. The molecule has 0 aliphatic carbocycles. The van der Waals surface area contributed by atoms with Gasteiger partial charge in [0, 0.05) is 5.56 Å². The summed E-state index contributed by atoms with van der Waals surface area (Å²) in [7, 11) is 0. The van der Waals surface area contributed by atoms with Crippen molar-refractivity contribution in [2.24, 2.45) is 0 Å². The number of esters is 1. The molecule has 0 aliphatic heterocycles. The van der Waals surface area contributed by atoms with Crippen LogP contribution in [0.25, 0.3) is 0 Å². The zero-order valence-electron chi connectivity index (χ0n) is 6.02. The van der Waals surface area contributed by atoms with Crippen LogP contribution in [0.15, 0.2) is 30.3 Å². The highest BCUT2D eigenvalue weighted by molar-refractivity contribution is 5.94. The summed E-state index contributed by atoms with van der Waals surface area (Å²) in [5, 5.41) is 9.83. The number of carbonyl (C=O) groups is 2. The van der Waals surface area contributed by atoms with E-state index in [1.54, 1.807) is 18.2 Å². The van der Waals surface area contributed by atoms with Crippen molar-refractivity contribution in [2.75, 3.05) is 0 Å². The first-order valence-corrected chi connectivity index (χ1v) is 3.18. The molecule has 0 spiro atoms. The van der Waals surface area contributed by atoms with E-state index in [-0.39, 0.29) is 5.56 Å². The van der Waals surface area contributed by atoms with E-state index in [1.165, 1.54) is 12.1 Å². The van der Waals surface area contributed by atoms with E-state index in [4.69, 9.17) is 0 Å². The minimum atomic E-state index is -1.84. The monoisotopic (exact) mass is 165 g/mol. The van der Waals surface area contributed by atoms with Crippen molar-refractivity contribution < 1.29 is 19.4 Å². The molecule has 0 N–H and O–H groups in total. The van der Waals surface area contributed by atoms with Crippen LogP contribution in [0.4, 0.5) is 4.79 Å². The van der Waals surface area contributed by atoms with Crippen LogP contribution in [0.1, 0.15) is 10.4 Å². The molecule has 0 aliphatic rings. The summed E-state index contributed by atoms with van der Waals surface area (Å²) in [4.78, 5) is 20.6. The molecule has 62 valence electrons. The third-order valence-corrected chi connectivity index (χ3v) is 1.19. The van der Waals surface area contributed by atoms with Crippen molar-refractivity contribution in [1.82, 2.24) is 0 Å². The summed E-state index contributed by atoms with van der Waals surface area (Å²) in [5.41, 5.74) is 0.182. The zero-order chi connectivity index (χ0) is 8.97. The van der Waals surface area contributed by atoms with Crippen molar-refractivity contribution in [3.63, 3.8) is 0 Å². The first-order chi connectivity index (χ1) is 5.70. The van der Waals surface area contributed by atoms with Gasteiger partial charge in [0.1, 0.15) is 0 Å². The summed E-state index contributed by atoms with van der Waals surface area (Å²) < 4.78 is 3.80. The van der Waals surface area contributed by atoms with Gasteiger partial charge in [0.25, 0.3) is 12.1 Å². The first kappa shape index (κ1) is 8.26. The lowest BCUT2D eigenvalue weighted by atomic mass is 10.2. The van der Waals surface area contributed by atoms with Gasteiger partial charge in [-0.05, 0) is 12.1 Å². The van der Waals surface area contributed by atoms with E-state index in [9.17, 15) is 14.7 Å². The maximum atomic E-state index is 10.8. The maximum absolute atomic E-state index is 10.8. The van der Waals surface area contributed by atoms with Gasteiger partial charge in [-0.3, -0.25) is 4.79 Å². The van der Waals surface area contributed by atoms with Gasteiger partial charge in [-0.2, -0.15) is 0 Å². The summed E-state index contributed by atoms with van der Waals surface area (Å²) in [6.45, 7) is 0. The van der Waals surface area contributed by atoms with Crippen LogP contribution >= 0.6 is 0 Å². The predicted molar refractivity (Wildman–Crippen MR) is 37.3 cm³/mol. The van der Waals surface area contributed by atoms with E-state index in [2.05, 4.69) is 4.74 Å². The number of hydrogen-bond acceptors (Lipinski definition) is 4. The van der Waals surface area contributed by atoms with Gasteiger partial charge in [0.15, 0.2) is 0 Å². The molecule has 0 saturated carbocycles. The Morgan fingerprint density at radius 3 is 2.25 bits per heavy atom. The Morgan fingerprint density at radius 2 is 1.75 bits per heavy atom. The number of benzene rings is 1. The molecule has 0 fully saturated rings. The predicted octanol–water partition coefficient (Wildman–Crippen LogP) is 0.187. The number of carbonyl (C=O) groups excluding carboxylic acids is 2. The molecular weight excluding hydrogens is 160 g/mol. The molecule has 0 unspecified atom stereocenters. The van der Waals surface area contributed by atoms with Gasteiger partial charge in [-0.1, -0.05) is 18.2 Å². The number of hydrogen-bond donors (Lipinski definition) is 0. The third-order valence-electron chi connectivity index (χ3n) is 1.19. The lowest BCUT2D eigenvalue weighted by Crippen LogP contribution is -2.26. The molecule has 4 heteroatoms. The largest absolute Gasteiger partial charge is 0.480 e. The lowest BCUT2D eigenvalue weighted by Gasteiger charge is -2.04. The summed E-state index contributed by atoms with van der Waals surface area (Å²) in [6.07, 6.45) is -1.84. The van der Waals surface area contributed by atoms with Crippen LogP contribution in [0, 0.1) is 0 Å². The van der Waals surface area contributed by atoms with Crippen molar-refractivity contribution in [3.05, 3.63) is 35.9 Å². The molecule has 0 saturated heterocycles. The minimum Gasteiger partial charge on any atom is -0.480 e. The van der Waals surface area contributed by atoms with Crippen LogP contribution in [0.3, 0.4) is 0 Å². The highest BCUT2D eigenvalue weighted by atomic mass is 16.7. The Bertz CT molecular complexity index is 291. The van der Waals surface area contributed by atoms with Gasteiger partial charge < -0.3 is 14.6 Å². The van der Waals surface area contributed by atoms with Crippen molar-refractivity contribution in [3.8, 4) is 0 Å². The molecule has 0 bridgehead atoms. The van der Waals surface area contributed by atoms with E-state index in [0.29, 0.717) is 0 Å². The van der Waals surface area contributed by atoms with Crippen LogP contribution in [0.2, 0.25) is 0 Å². The van der Waals surface area contributed by atoms with Crippen LogP contribution in [0.5, 0.6) is 0 Å². The third kappa shape index (κ3) is 2.09. The molecule has 0 aromatic heterocycles. The van der Waals surface area contributed by atoms with Gasteiger partial charge >= 0.3 is 0 Å². The average Bonchev–Trinajstić information content (AvgIpc) is 2.05. The molecule has 12 heavy (non-hydrogen) atoms. The minimum absolute atomic E-state index is 0.182. The Hall–Kier alpha value is -1.84. The van der Waals surface area contributed by atoms with E-state index in [1.807, 2.05) is 0 Å². The van der Waals surface area contributed by atoms with Crippen molar-refractivity contribution in [1.29, 1.82) is 0 Å². The highest BCUT2D eigenvalue weighted by Gasteiger charge is 2.01. The van der Waals surface area contributed by atoms with Crippen molar-refractivity contribution in [2.45, 2.75) is 0 Å². The fourth-order valence-corrected chi connectivity index (χ4v) is 0.709. The van der Waals surface area contributed by atoms with Crippen molar-refractivity contribution >= 4 is 12.1 Å². The molecule has 0 heterocycles. The fourth-order valence-electron chi connectivity index (χ4n) is 0.709. The Labute approximate surface area is 68.4 Å². The molecule has 1 aromatic carbocycles. The average molecular weight is 165 g/mol. The van der Waals surface area contributed by atoms with Gasteiger partial charge in [0.2, 0.25) is 0 Å². The second-order valence-corrected chi connectivity index (χ2v) is 2.01. The Morgan fingerprint density at radius 1 is 1.17 bits per heavy atom. The molecular formula is C8H5O4-. The quantitative estimate of drug-likeness (QED) is 0.440. The smallest absolute Gasteiger partial charge is 0.272 e. The van der Waals surface area contributed by atoms with Crippen LogP contribution in [-0.4, -0.2) is 12.1 Å². The van der Waals surface area contributed by atoms with E-state index < -0.39 is 12.1 Å². The second-order valence-electron chi connectivity index (χ2n) is 2.01.